The Morgan fingerprint density at radius 2 is 1.83 bits per heavy atom. The average molecular weight is 611 g/mol. The number of nitrogens with zero attached hydrogens (tertiary/aromatic N) is 2. The minimum Gasteiger partial charge on any atom is -0.388 e. The van der Waals surface area contributed by atoms with Crippen LogP contribution in [0.15, 0.2) is 75.7 Å². The van der Waals surface area contributed by atoms with Gasteiger partial charge in [0, 0.05) is 59.7 Å². The van der Waals surface area contributed by atoms with Crippen molar-refractivity contribution in [3.63, 3.8) is 0 Å². The van der Waals surface area contributed by atoms with Crippen LogP contribution in [0.4, 0.5) is 20.6 Å². The number of hydrogen-bond donors (Lipinski definition) is 4. The van der Waals surface area contributed by atoms with Crippen molar-refractivity contribution in [2.45, 2.75) is 17.1 Å². The van der Waals surface area contributed by atoms with E-state index in [0.29, 0.717) is 28.6 Å². The third-order valence-electron chi connectivity index (χ3n) is 7.05. The van der Waals surface area contributed by atoms with Gasteiger partial charge in [0.05, 0.1) is 5.69 Å². The Balaban J connectivity index is 1.42. The second-order valence-electron chi connectivity index (χ2n) is 9.84. The topological polar surface area (TPSA) is 125 Å². The molecule has 1 saturated heterocycles. The van der Waals surface area contributed by atoms with Gasteiger partial charge in [0.1, 0.15) is 10.0 Å². The summed E-state index contributed by atoms with van der Waals surface area (Å²) in [5, 5.41) is 11.4. The summed E-state index contributed by atoms with van der Waals surface area (Å²) < 4.78 is 43.2. The van der Waals surface area contributed by atoms with E-state index >= 15 is 4.39 Å². The van der Waals surface area contributed by atoms with Crippen molar-refractivity contribution in [2.24, 2.45) is 0 Å². The van der Waals surface area contributed by atoms with Crippen LogP contribution in [-0.2, 0) is 10.0 Å². The van der Waals surface area contributed by atoms with E-state index in [1.807, 2.05) is 10.8 Å². The second-order valence-corrected chi connectivity index (χ2v) is 12.7. The van der Waals surface area contributed by atoms with E-state index in [9.17, 15) is 18.0 Å². The first-order valence-electron chi connectivity index (χ1n) is 13.4. The van der Waals surface area contributed by atoms with Gasteiger partial charge in [-0.25, -0.2) is 22.3 Å². The van der Waals surface area contributed by atoms with Crippen LogP contribution in [0.1, 0.15) is 18.4 Å². The van der Waals surface area contributed by atoms with E-state index in [0.717, 1.165) is 42.7 Å². The number of urea groups is 1. The van der Waals surface area contributed by atoms with Gasteiger partial charge in [-0.3, -0.25) is 9.36 Å². The molecule has 4 N–H and O–H groups in total. The van der Waals surface area contributed by atoms with Crippen LogP contribution in [0.25, 0.3) is 22.2 Å². The highest BCUT2D eigenvalue weighted by Gasteiger charge is 2.20. The lowest BCUT2D eigenvalue weighted by atomic mass is 10.0. The number of thiophene rings is 1. The molecular formula is C29H31FN6O4S2. The molecule has 1 aliphatic rings. The van der Waals surface area contributed by atoms with Crippen LogP contribution in [0.5, 0.6) is 0 Å². The number of benzene rings is 2. The van der Waals surface area contributed by atoms with E-state index in [1.54, 1.807) is 36.8 Å². The first-order chi connectivity index (χ1) is 20.2. The molecule has 0 bridgehead atoms. The Morgan fingerprint density at radius 1 is 1.07 bits per heavy atom. The summed E-state index contributed by atoms with van der Waals surface area (Å²) in [6.45, 7) is 7.90. The van der Waals surface area contributed by atoms with Gasteiger partial charge in [-0.15, -0.1) is 11.3 Å². The Labute approximate surface area is 246 Å². The van der Waals surface area contributed by atoms with Crippen LogP contribution in [0, 0.1) is 5.82 Å². The maximum atomic E-state index is 15.5. The smallest absolute Gasteiger partial charge is 0.333 e. The number of carbonyl (C=O) groups is 1. The molecule has 4 aromatic rings. The van der Waals surface area contributed by atoms with E-state index in [1.165, 1.54) is 35.6 Å². The Morgan fingerprint density at radius 3 is 2.52 bits per heavy atom. The number of anilines is 2. The molecule has 2 aromatic carbocycles. The van der Waals surface area contributed by atoms with E-state index < -0.39 is 27.4 Å². The van der Waals surface area contributed by atoms with Gasteiger partial charge in [-0.2, -0.15) is 0 Å². The fourth-order valence-corrected chi connectivity index (χ4v) is 6.81. The summed E-state index contributed by atoms with van der Waals surface area (Å²) in [6, 6.07) is 10.9. The first kappa shape index (κ1) is 29.3. The van der Waals surface area contributed by atoms with Crippen molar-refractivity contribution in [1.29, 1.82) is 0 Å². The molecule has 0 aliphatic carbocycles. The molecule has 0 spiro atoms. The number of carbonyl (C=O) groups excluding carboxylic acids is 1. The first-order valence-corrected chi connectivity index (χ1v) is 15.7. The fraction of sp³-hybridized carbons (Fsp3) is 0.241. The summed E-state index contributed by atoms with van der Waals surface area (Å²) in [6.07, 6.45) is 3.95. The van der Waals surface area contributed by atoms with Crippen LogP contribution < -0.4 is 26.2 Å². The summed E-state index contributed by atoms with van der Waals surface area (Å²) in [4.78, 5) is 28.3. The Kier molecular flexibility index (Phi) is 8.61. The number of fused-ring (bicyclic) bond motifs is 1. The predicted octanol–water partition coefficient (Wildman–Crippen LogP) is 4.40. The number of rotatable bonds is 10. The van der Waals surface area contributed by atoms with Crippen molar-refractivity contribution >= 4 is 55.2 Å². The van der Waals surface area contributed by atoms with Crippen LogP contribution in [0.3, 0.4) is 0 Å². The normalized spacial score (nSPS) is 13.7. The lowest BCUT2D eigenvalue weighted by Gasteiger charge is -2.19. The molecule has 0 radical (unpaired) electrons. The van der Waals surface area contributed by atoms with Gasteiger partial charge < -0.3 is 20.9 Å². The standard InChI is InChI=1S/C29H31FN6O4S2/c1-19(32-11-14-35-12-3-4-13-35)24-18-36(28(37)22-9-7-20(31-2)16-23(22)24)26-10-8-21(17-25(26)30)33-29(38)34-42(39,40)27-6-5-15-41-27/h5-10,15-18,31-32H,1,3-4,11-14H2,2H3,(H2,33,34,38). The van der Waals surface area contributed by atoms with Crippen LogP contribution in [-0.4, -0.2) is 57.1 Å². The fourth-order valence-electron chi connectivity index (χ4n) is 4.91. The number of aromatic nitrogens is 1. The maximum Gasteiger partial charge on any atom is 0.333 e. The molecule has 0 unspecified atom stereocenters. The van der Waals surface area contributed by atoms with E-state index in [2.05, 4.69) is 27.4 Å². The molecular weight excluding hydrogens is 579 g/mol. The van der Waals surface area contributed by atoms with Crippen molar-refractivity contribution in [1.82, 2.24) is 19.5 Å². The molecule has 13 heteroatoms. The zero-order chi connectivity index (χ0) is 29.9. The Hall–Kier alpha value is -4.20. The van der Waals surface area contributed by atoms with Gasteiger partial charge in [-0.05, 0) is 73.8 Å². The zero-order valence-electron chi connectivity index (χ0n) is 22.9. The lowest BCUT2D eigenvalue weighted by Crippen LogP contribution is -2.34. The highest BCUT2D eigenvalue weighted by molar-refractivity contribution is 7.92. The van der Waals surface area contributed by atoms with Gasteiger partial charge in [0.15, 0.2) is 0 Å². The van der Waals surface area contributed by atoms with Crippen molar-refractivity contribution in [3.8, 4) is 5.69 Å². The third kappa shape index (κ3) is 6.32. The number of sulfonamides is 1. The predicted molar refractivity (Wildman–Crippen MR) is 165 cm³/mol. The quantitative estimate of drug-likeness (QED) is 0.210. The van der Waals surface area contributed by atoms with Crippen molar-refractivity contribution in [2.75, 3.05) is 43.9 Å². The molecule has 0 atom stereocenters. The molecule has 5 rings (SSSR count). The number of pyridine rings is 1. The Bertz CT molecular complexity index is 1800. The molecule has 3 heterocycles. The molecule has 220 valence electrons. The average Bonchev–Trinajstić information content (AvgIpc) is 3.69. The van der Waals surface area contributed by atoms with Gasteiger partial charge in [0.25, 0.3) is 15.6 Å². The van der Waals surface area contributed by atoms with Gasteiger partial charge in [-0.1, -0.05) is 12.6 Å². The molecule has 0 saturated carbocycles. The van der Waals surface area contributed by atoms with Crippen molar-refractivity contribution in [3.05, 3.63) is 88.4 Å². The molecule has 2 amide bonds. The minimum atomic E-state index is -4.06. The summed E-state index contributed by atoms with van der Waals surface area (Å²) in [5.74, 6) is -0.791. The SMILES string of the molecule is C=C(NCCN1CCCC1)c1cn(-c2ccc(NC(=O)NS(=O)(=O)c3cccs3)cc2F)c(=O)c2ccc(NC)cc12. The van der Waals surface area contributed by atoms with Crippen molar-refractivity contribution < 1.29 is 17.6 Å². The zero-order valence-corrected chi connectivity index (χ0v) is 24.6. The highest BCUT2D eigenvalue weighted by Crippen LogP contribution is 2.27. The summed E-state index contributed by atoms with van der Waals surface area (Å²) >= 11 is 0.958. The number of likely N-dealkylation sites (tertiary alicyclic amines) is 1. The third-order valence-corrected chi connectivity index (χ3v) is 9.78. The molecule has 10 nitrogen and oxygen atoms in total. The largest absolute Gasteiger partial charge is 0.388 e. The summed E-state index contributed by atoms with van der Waals surface area (Å²) in [5.41, 5.74) is 1.59. The van der Waals surface area contributed by atoms with E-state index in [-0.39, 0.29) is 15.6 Å². The summed E-state index contributed by atoms with van der Waals surface area (Å²) in [7, 11) is -2.27. The van der Waals surface area contributed by atoms with Crippen LogP contribution in [0.2, 0.25) is 0 Å². The number of halogens is 1. The van der Waals surface area contributed by atoms with Gasteiger partial charge >= 0.3 is 6.03 Å². The molecule has 2 aromatic heterocycles. The second kappa shape index (κ2) is 12.3. The maximum absolute atomic E-state index is 15.5. The molecule has 1 fully saturated rings. The molecule has 1 aliphatic heterocycles. The molecule has 42 heavy (non-hydrogen) atoms. The van der Waals surface area contributed by atoms with Gasteiger partial charge in [0.2, 0.25) is 0 Å². The number of hydrogen-bond acceptors (Lipinski definition) is 8. The lowest BCUT2D eigenvalue weighted by molar-refractivity contribution is 0.256. The minimum absolute atomic E-state index is 0.0100. The number of nitrogens with one attached hydrogen (secondary N) is 4. The number of amides is 2. The van der Waals surface area contributed by atoms with E-state index in [4.69, 9.17) is 0 Å². The highest BCUT2D eigenvalue weighted by atomic mass is 32.2. The monoisotopic (exact) mass is 610 g/mol. The van der Waals surface area contributed by atoms with Crippen LogP contribution >= 0.6 is 11.3 Å².